The van der Waals surface area contributed by atoms with Crippen molar-refractivity contribution in [1.82, 2.24) is 0 Å². The van der Waals surface area contributed by atoms with Gasteiger partial charge in [0.15, 0.2) is 0 Å². The Hall–Kier alpha value is -1.45. The molecule has 19 heavy (non-hydrogen) atoms. The molecule has 0 heterocycles. The molecule has 1 atom stereocenters. The van der Waals surface area contributed by atoms with Crippen LogP contribution in [-0.2, 0) is 12.4 Å². The largest absolute Gasteiger partial charge is 0.489 e. The number of ether oxygens (including phenoxy) is 1. The van der Waals surface area contributed by atoms with Crippen LogP contribution in [-0.4, -0.2) is 10.5 Å². The summed E-state index contributed by atoms with van der Waals surface area (Å²) >= 11 is 1.52. The Morgan fingerprint density at radius 3 is 2.32 bits per heavy atom. The van der Waals surface area contributed by atoms with Crippen LogP contribution in [0, 0.1) is 0 Å². The average Bonchev–Trinajstić information content (AvgIpc) is 2.45. The molecule has 1 unspecified atom stereocenters. The maximum absolute atomic E-state index is 9.22. The van der Waals surface area contributed by atoms with Crippen LogP contribution in [0.4, 0.5) is 0 Å². The first kappa shape index (κ1) is 14.0. The molecule has 2 aromatic rings. The molecule has 3 heteroatoms. The second kappa shape index (κ2) is 7.22. The van der Waals surface area contributed by atoms with Crippen molar-refractivity contribution in [2.75, 3.05) is 0 Å². The number of aliphatic hydroxyl groups excluding tert-OH is 1. The van der Waals surface area contributed by atoms with Gasteiger partial charge >= 0.3 is 0 Å². The summed E-state index contributed by atoms with van der Waals surface area (Å²) in [5.41, 5.74) is 2.03. The fourth-order valence-electron chi connectivity index (χ4n) is 1.64. The van der Waals surface area contributed by atoms with Crippen molar-refractivity contribution in [3.63, 3.8) is 0 Å². The van der Waals surface area contributed by atoms with Gasteiger partial charge < -0.3 is 9.84 Å². The summed E-state index contributed by atoms with van der Waals surface area (Å²) in [6.45, 7) is 2.37. The summed E-state index contributed by atoms with van der Waals surface area (Å²) in [4.78, 5) is 0. The van der Waals surface area contributed by atoms with Gasteiger partial charge in [0, 0.05) is 5.75 Å². The molecular formula is C16H18O2S. The van der Waals surface area contributed by atoms with Crippen molar-refractivity contribution in [3.8, 4) is 5.75 Å². The number of rotatable bonds is 6. The molecule has 0 aliphatic rings. The van der Waals surface area contributed by atoms with E-state index in [1.807, 2.05) is 54.6 Å². The maximum Gasteiger partial charge on any atom is 0.119 e. The maximum atomic E-state index is 9.22. The number of thioether (sulfide) groups is 1. The van der Waals surface area contributed by atoms with Gasteiger partial charge in [-0.1, -0.05) is 42.5 Å². The molecule has 0 saturated heterocycles. The van der Waals surface area contributed by atoms with Gasteiger partial charge in [0.2, 0.25) is 0 Å². The summed E-state index contributed by atoms with van der Waals surface area (Å²) in [6.07, 6.45) is 0. The highest BCUT2D eigenvalue weighted by Gasteiger charge is 1.99. The Morgan fingerprint density at radius 1 is 1.00 bits per heavy atom. The standard InChI is InChI=1S/C16H18O2S/c1-13(17)19-12-15-7-9-16(10-8-15)18-11-14-5-3-2-4-6-14/h2-10,13,17H,11-12H2,1H3. The topological polar surface area (TPSA) is 29.5 Å². The van der Waals surface area contributed by atoms with E-state index in [0.29, 0.717) is 6.61 Å². The summed E-state index contributed by atoms with van der Waals surface area (Å²) < 4.78 is 5.72. The van der Waals surface area contributed by atoms with Crippen LogP contribution < -0.4 is 4.74 Å². The van der Waals surface area contributed by atoms with E-state index < -0.39 is 0 Å². The first-order valence-electron chi connectivity index (χ1n) is 6.29. The molecule has 0 amide bonds. The van der Waals surface area contributed by atoms with Crippen molar-refractivity contribution in [2.45, 2.75) is 24.7 Å². The fraction of sp³-hybridized carbons (Fsp3) is 0.250. The zero-order chi connectivity index (χ0) is 13.5. The van der Waals surface area contributed by atoms with E-state index in [4.69, 9.17) is 4.74 Å². The van der Waals surface area contributed by atoms with Crippen LogP contribution in [0.25, 0.3) is 0 Å². The lowest BCUT2D eigenvalue weighted by molar-refractivity contribution is 0.284. The summed E-state index contributed by atoms with van der Waals surface area (Å²) in [5, 5.41) is 9.22. The van der Waals surface area contributed by atoms with Crippen LogP contribution in [0.1, 0.15) is 18.1 Å². The molecule has 0 radical (unpaired) electrons. The van der Waals surface area contributed by atoms with E-state index >= 15 is 0 Å². The van der Waals surface area contributed by atoms with Gasteiger partial charge in [-0.15, -0.1) is 11.8 Å². The molecule has 0 aromatic heterocycles. The Balaban J connectivity index is 1.85. The number of hydrogen-bond donors (Lipinski definition) is 1. The third kappa shape index (κ3) is 4.97. The Morgan fingerprint density at radius 2 is 1.68 bits per heavy atom. The van der Waals surface area contributed by atoms with Gasteiger partial charge in [0.1, 0.15) is 12.4 Å². The van der Waals surface area contributed by atoms with E-state index in [0.717, 1.165) is 17.1 Å². The smallest absolute Gasteiger partial charge is 0.119 e. The summed E-state index contributed by atoms with van der Waals surface area (Å²) in [6, 6.07) is 18.1. The third-order valence-corrected chi connectivity index (χ3v) is 3.65. The van der Waals surface area contributed by atoms with E-state index in [1.165, 1.54) is 17.3 Å². The minimum absolute atomic E-state index is 0.325. The molecule has 0 aliphatic carbocycles. The molecule has 1 N–H and O–H groups in total. The predicted octanol–water partition coefficient (Wildman–Crippen LogP) is 3.84. The van der Waals surface area contributed by atoms with Gasteiger partial charge in [0.25, 0.3) is 0 Å². The van der Waals surface area contributed by atoms with Crippen molar-refractivity contribution in [2.24, 2.45) is 0 Å². The number of hydrogen-bond acceptors (Lipinski definition) is 3. The van der Waals surface area contributed by atoms with Gasteiger partial charge in [-0.3, -0.25) is 0 Å². The minimum atomic E-state index is -0.325. The Labute approximate surface area is 118 Å². The zero-order valence-corrected chi connectivity index (χ0v) is 11.8. The van der Waals surface area contributed by atoms with Crippen LogP contribution in [0.15, 0.2) is 54.6 Å². The molecule has 2 nitrogen and oxygen atoms in total. The van der Waals surface area contributed by atoms with E-state index in [1.54, 1.807) is 6.92 Å². The second-order valence-corrected chi connectivity index (χ2v) is 5.63. The van der Waals surface area contributed by atoms with Crippen LogP contribution in [0.2, 0.25) is 0 Å². The molecule has 0 spiro atoms. The fourth-order valence-corrected chi connectivity index (χ4v) is 2.27. The van der Waals surface area contributed by atoms with Crippen molar-refractivity contribution < 1.29 is 9.84 Å². The third-order valence-electron chi connectivity index (χ3n) is 2.66. The highest BCUT2D eigenvalue weighted by molar-refractivity contribution is 7.98. The highest BCUT2D eigenvalue weighted by atomic mass is 32.2. The predicted molar refractivity (Wildman–Crippen MR) is 80.2 cm³/mol. The van der Waals surface area contributed by atoms with Crippen LogP contribution >= 0.6 is 11.8 Å². The van der Waals surface area contributed by atoms with Gasteiger partial charge in [-0.2, -0.15) is 0 Å². The lowest BCUT2D eigenvalue weighted by Gasteiger charge is -2.08. The second-order valence-electron chi connectivity index (χ2n) is 4.33. The quantitative estimate of drug-likeness (QED) is 0.812. The van der Waals surface area contributed by atoms with Gasteiger partial charge in [-0.25, -0.2) is 0 Å². The molecule has 2 aromatic carbocycles. The number of benzene rings is 2. The lowest BCUT2D eigenvalue weighted by atomic mass is 10.2. The van der Waals surface area contributed by atoms with Crippen molar-refractivity contribution in [3.05, 3.63) is 65.7 Å². The first-order chi connectivity index (χ1) is 9.24. The molecular weight excluding hydrogens is 256 g/mol. The summed E-state index contributed by atoms with van der Waals surface area (Å²) in [7, 11) is 0. The lowest BCUT2D eigenvalue weighted by Crippen LogP contribution is -1.96. The molecule has 0 fully saturated rings. The normalized spacial score (nSPS) is 12.1. The Kier molecular flexibility index (Phi) is 5.31. The Bertz CT molecular complexity index is 480. The monoisotopic (exact) mass is 274 g/mol. The molecule has 0 saturated carbocycles. The van der Waals surface area contributed by atoms with Crippen LogP contribution in [0.3, 0.4) is 0 Å². The molecule has 0 aliphatic heterocycles. The molecule has 0 bridgehead atoms. The van der Waals surface area contributed by atoms with Crippen molar-refractivity contribution in [1.29, 1.82) is 0 Å². The van der Waals surface area contributed by atoms with E-state index in [-0.39, 0.29) is 5.44 Å². The zero-order valence-electron chi connectivity index (χ0n) is 11.0. The summed E-state index contributed by atoms with van der Waals surface area (Å²) in [5.74, 6) is 1.69. The highest BCUT2D eigenvalue weighted by Crippen LogP contribution is 2.19. The SMILES string of the molecule is CC(O)SCc1ccc(OCc2ccccc2)cc1. The van der Waals surface area contributed by atoms with Crippen LogP contribution in [0.5, 0.6) is 5.75 Å². The molecule has 2 rings (SSSR count). The van der Waals surface area contributed by atoms with Gasteiger partial charge in [-0.05, 0) is 30.2 Å². The van der Waals surface area contributed by atoms with E-state index in [9.17, 15) is 5.11 Å². The van der Waals surface area contributed by atoms with E-state index in [2.05, 4.69) is 0 Å². The van der Waals surface area contributed by atoms with Gasteiger partial charge in [0.05, 0.1) is 5.44 Å². The van der Waals surface area contributed by atoms with Crippen molar-refractivity contribution >= 4 is 11.8 Å². The minimum Gasteiger partial charge on any atom is -0.489 e. The average molecular weight is 274 g/mol. The number of aliphatic hydroxyl groups is 1. The first-order valence-corrected chi connectivity index (χ1v) is 7.34. The molecule has 100 valence electrons.